The molecule has 1 fully saturated rings. The van der Waals surface area contributed by atoms with Gasteiger partial charge in [-0.15, -0.1) is 0 Å². The van der Waals surface area contributed by atoms with E-state index in [1.54, 1.807) is 31.4 Å². The van der Waals surface area contributed by atoms with Crippen molar-refractivity contribution in [1.29, 1.82) is 0 Å². The highest BCUT2D eigenvalue weighted by Gasteiger charge is 2.32. The molecule has 4 nitrogen and oxygen atoms in total. The van der Waals surface area contributed by atoms with E-state index >= 15 is 0 Å². The first-order chi connectivity index (χ1) is 8.04. The molecular weight excluding hydrogens is 306 g/mol. The summed E-state index contributed by atoms with van der Waals surface area (Å²) in [7, 11) is -1.77. The van der Waals surface area contributed by atoms with Crippen LogP contribution < -0.4 is 0 Å². The summed E-state index contributed by atoms with van der Waals surface area (Å²) in [6.45, 7) is 0.957. The van der Waals surface area contributed by atoms with E-state index in [1.165, 1.54) is 4.31 Å². The minimum absolute atomic E-state index is 0.0110. The summed E-state index contributed by atoms with van der Waals surface area (Å²) in [6.07, 6.45) is 0.765. The summed E-state index contributed by atoms with van der Waals surface area (Å²) >= 11 is 3.28. The highest BCUT2D eigenvalue weighted by Crippen LogP contribution is 2.24. The van der Waals surface area contributed by atoms with Crippen LogP contribution in [0.25, 0.3) is 0 Å². The summed E-state index contributed by atoms with van der Waals surface area (Å²) < 4.78 is 32.0. The van der Waals surface area contributed by atoms with Gasteiger partial charge in [-0.25, -0.2) is 8.42 Å². The molecule has 2 rings (SSSR count). The number of hydrogen-bond acceptors (Lipinski definition) is 3. The number of hydrogen-bond donors (Lipinski definition) is 0. The van der Waals surface area contributed by atoms with Crippen molar-refractivity contribution in [2.75, 3.05) is 20.2 Å². The lowest BCUT2D eigenvalue weighted by molar-refractivity contribution is 0.115. The van der Waals surface area contributed by atoms with E-state index in [4.69, 9.17) is 4.74 Å². The van der Waals surface area contributed by atoms with Gasteiger partial charge >= 0.3 is 0 Å². The number of nitrogens with zero attached hydrogens (tertiary/aromatic N) is 1. The van der Waals surface area contributed by atoms with Crippen molar-refractivity contribution in [2.24, 2.45) is 0 Å². The number of rotatable bonds is 3. The van der Waals surface area contributed by atoms with Crippen LogP contribution in [0.3, 0.4) is 0 Å². The molecule has 0 amide bonds. The summed E-state index contributed by atoms with van der Waals surface area (Å²) in [5, 5.41) is 0. The monoisotopic (exact) mass is 319 g/mol. The van der Waals surface area contributed by atoms with Crippen LogP contribution in [0, 0.1) is 0 Å². The maximum absolute atomic E-state index is 12.3. The quantitative estimate of drug-likeness (QED) is 0.854. The Labute approximate surface area is 110 Å². The molecule has 0 bridgehead atoms. The van der Waals surface area contributed by atoms with Crippen molar-refractivity contribution in [3.05, 3.63) is 28.7 Å². The number of ether oxygens (including phenoxy) is 1. The molecule has 1 aliphatic rings. The fourth-order valence-corrected chi connectivity index (χ4v) is 3.97. The van der Waals surface area contributed by atoms with E-state index in [-0.39, 0.29) is 6.10 Å². The second kappa shape index (κ2) is 5.06. The van der Waals surface area contributed by atoms with Crippen LogP contribution in [-0.2, 0) is 14.8 Å². The average molecular weight is 320 g/mol. The van der Waals surface area contributed by atoms with Crippen LogP contribution >= 0.6 is 15.9 Å². The number of sulfonamides is 1. The molecule has 1 atom stereocenters. The van der Waals surface area contributed by atoms with E-state index in [2.05, 4.69) is 15.9 Å². The van der Waals surface area contributed by atoms with Crippen molar-refractivity contribution in [3.8, 4) is 0 Å². The van der Waals surface area contributed by atoms with Gasteiger partial charge in [0.2, 0.25) is 10.0 Å². The highest BCUT2D eigenvalue weighted by molar-refractivity contribution is 9.10. The van der Waals surface area contributed by atoms with E-state index in [0.29, 0.717) is 18.0 Å². The zero-order chi connectivity index (χ0) is 12.5. The molecule has 0 aromatic heterocycles. The Morgan fingerprint density at radius 2 is 2.24 bits per heavy atom. The predicted octanol–water partition coefficient (Wildman–Crippen LogP) is 1.86. The van der Waals surface area contributed by atoms with Crippen LogP contribution in [0.15, 0.2) is 33.6 Å². The Balaban J connectivity index is 2.25. The van der Waals surface area contributed by atoms with Gasteiger partial charge in [-0.2, -0.15) is 4.31 Å². The first-order valence-corrected chi connectivity index (χ1v) is 7.56. The van der Waals surface area contributed by atoms with Gasteiger partial charge in [0, 0.05) is 24.7 Å². The van der Waals surface area contributed by atoms with Gasteiger partial charge in [0.15, 0.2) is 0 Å². The molecule has 17 heavy (non-hydrogen) atoms. The van der Waals surface area contributed by atoms with Gasteiger partial charge in [-0.1, -0.05) is 22.0 Å². The first kappa shape index (κ1) is 13.0. The van der Waals surface area contributed by atoms with Gasteiger partial charge in [0.25, 0.3) is 0 Å². The Hall–Kier alpha value is -0.430. The lowest BCUT2D eigenvalue weighted by Crippen LogP contribution is -2.30. The molecule has 1 aromatic carbocycles. The zero-order valence-electron chi connectivity index (χ0n) is 9.47. The minimum atomic E-state index is -3.38. The Kier molecular flexibility index (Phi) is 3.87. The van der Waals surface area contributed by atoms with Crippen LogP contribution in [-0.4, -0.2) is 39.0 Å². The Morgan fingerprint density at radius 3 is 2.82 bits per heavy atom. The fourth-order valence-electron chi connectivity index (χ4n) is 1.88. The average Bonchev–Trinajstić information content (AvgIpc) is 2.78. The van der Waals surface area contributed by atoms with E-state index in [1.807, 2.05) is 0 Å². The zero-order valence-corrected chi connectivity index (χ0v) is 11.9. The van der Waals surface area contributed by atoms with Gasteiger partial charge in [0.1, 0.15) is 0 Å². The van der Waals surface area contributed by atoms with Crippen molar-refractivity contribution < 1.29 is 13.2 Å². The standard InChI is InChI=1S/C11H14BrNO3S/c1-16-10-5-6-13(8-10)17(14,15)11-4-2-3-9(12)7-11/h2-4,7,10H,5-6,8H2,1H3/t10-/m0/s1. The summed E-state index contributed by atoms with van der Waals surface area (Å²) in [4.78, 5) is 0.323. The second-order valence-corrected chi connectivity index (χ2v) is 6.82. The molecule has 0 unspecified atom stereocenters. The molecule has 0 radical (unpaired) electrons. The van der Waals surface area contributed by atoms with Crippen molar-refractivity contribution >= 4 is 26.0 Å². The first-order valence-electron chi connectivity index (χ1n) is 5.32. The second-order valence-electron chi connectivity index (χ2n) is 3.97. The van der Waals surface area contributed by atoms with Crippen molar-refractivity contribution in [1.82, 2.24) is 4.31 Å². The SMILES string of the molecule is CO[C@H]1CCN(S(=O)(=O)c2cccc(Br)c2)C1. The number of methoxy groups -OCH3 is 1. The molecule has 0 aliphatic carbocycles. The van der Waals surface area contributed by atoms with E-state index in [9.17, 15) is 8.42 Å². The van der Waals surface area contributed by atoms with Crippen LogP contribution in [0.5, 0.6) is 0 Å². The Bertz CT molecular complexity index is 503. The third-order valence-electron chi connectivity index (χ3n) is 2.87. The molecule has 1 heterocycles. The molecule has 1 aromatic rings. The minimum Gasteiger partial charge on any atom is -0.380 e. The third kappa shape index (κ3) is 2.70. The van der Waals surface area contributed by atoms with Crippen LogP contribution in [0.4, 0.5) is 0 Å². The van der Waals surface area contributed by atoms with Crippen LogP contribution in [0.1, 0.15) is 6.42 Å². The predicted molar refractivity (Wildman–Crippen MR) is 68.3 cm³/mol. The topological polar surface area (TPSA) is 46.6 Å². The van der Waals surface area contributed by atoms with Gasteiger partial charge < -0.3 is 4.74 Å². The summed E-state index contributed by atoms with van der Waals surface area (Å²) in [5.41, 5.74) is 0. The molecule has 0 spiro atoms. The van der Waals surface area contributed by atoms with Crippen molar-refractivity contribution in [2.45, 2.75) is 17.4 Å². The molecule has 0 N–H and O–H groups in total. The molecule has 6 heteroatoms. The van der Waals surface area contributed by atoms with E-state index < -0.39 is 10.0 Å². The van der Waals surface area contributed by atoms with Crippen molar-refractivity contribution in [3.63, 3.8) is 0 Å². The van der Waals surface area contributed by atoms with Gasteiger partial charge in [0.05, 0.1) is 11.0 Å². The fraction of sp³-hybridized carbons (Fsp3) is 0.455. The highest BCUT2D eigenvalue weighted by atomic mass is 79.9. The maximum Gasteiger partial charge on any atom is 0.243 e. The van der Waals surface area contributed by atoms with Crippen LogP contribution in [0.2, 0.25) is 0 Å². The van der Waals surface area contributed by atoms with Gasteiger partial charge in [-0.05, 0) is 24.6 Å². The molecule has 1 saturated heterocycles. The lowest BCUT2D eigenvalue weighted by Gasteiger charge is -2.16. The lowest BCUT2D eigenvalue weighted by atomic mass is 10.3. The summed E-state index contributed by atoms with van der Waals surface area (Å²) in [5.74, 6) is 0. The normalized spacial score (nSPS) is 21.9. The third-order valence-corrected chi connectivity index (χ3v) is 5.23. The van der Waals surface area contributed by atoms with Gasteiger partial charge in [-0.3, -0.25) is 0 Å². The largest absolute Gasteiger partial charge is 0.380 e. The number of benzene rings is 1. The molecule has 0 saturated carbocycles. The molecular formula is C11H14BrNO3S. The number of halogens is 1. The smallest absolute Gasteiger partial charge is 0.243 e. The molecule has 1 aliphatic heterocycles. The molecule has 94 valence electrons. The van der Waals surface area contributed by atoms with E-state index in [0.717, 1.165) is 10.9 Å². The maximum atomic E-state index is 12.3. The summed E-state index contributed by atoms with van der Waals surface area (Å²) in [6, 6.07) is 6.76. The Morgan fingerprint density at radius 1 is 1.47 bits per heavy atom.